The van der Waals surface area contributed by atoms with Crippen LogP contribution in [0.15, 0.2) is 0 Å². The fourth-order valence-electron chi connectivity index (χ4n) is 3.58. The van der Waals surface area contributed by atoms with Crippen LogP contribution in [0.5, 0.6) is 0 Å². The minimum Gasteiger partial charge on any atom is -0.313 e. The Bertz CT molecular complexity index is 163. The van der Waals surface area contributed by atoms with Gasteiger partial charge in [-0.15, -0.1) is 0 Å². The SMILES string of the molecule is C1CCC(C2NCC3CC2C3)C1. The quantitative estimate of drug-likeness (QED) is 0.628. The summed E-state index contributed by atoms with van der Waals surface area (Å²) in [5, 5.41) is 3.76. The van der Waals surface area contributed by atoms with Gasteiger partial charge < -0.3 is 5.32 Å². The molecule has 0 aromatic heterocycles. The first kappa shape index (κ1) is 7.37. The average Bonchev–Trinajstić information content (AvgIpc) is 2.54. The van der Waals surface area contributed by atoms with E-state index in [1.807, 2.05) is 0 Å². The fourth-order valence-corrected chi connectivity index (χ4v) is 3.58. The van der Waals surface area contributed by atoms with Gasteiger partial charge in [0.25, 0.3) is 0 Å². The Labute approximate surface area is 74.9 Å². The highest BCUT2D eigenvalue weighted by Gasteiger charge is 2.43. The summed E-state index contributed by atoms with van der Waals surface area (Å²) in [6.45, 7) is 1.33. The summed E-state index contributed by atoms with van der Waals surface area (Å²) in [5.41, 5.74) is 0. The van der Waals surface area contributed by atoms with Crippen LogP contribution in [-0.4, -0.2) is 12.6 Å². The molecule has 0 radical (unpaired) electrons. The Morgan fingerprint density at radius 1 is 0.917 bits per heavy atom. The van der Waals surface area contributed by atoms with Gasteiger partial charge in [0.2, 0.25) is 0 Å². The molecule has 2 saturated carbocycles. The second-order valence-corrected chi connectivity index (χ2v) is 5.08. The van der Waals surface area contributed by atoms with Crippen LogP contribution in [0.3, 0.4) is 0 Å². The molecule has 68 valence electrons. The van der Waals surface area contributed by atoms with Gasteiger partial charge in [-0.3, -0.25) is 0 Å². The molecule has 0 amide bonds. The highest BCUT2D eigenvalue weighted by Crippen LogP contribution is 2.44. The van der Waals surface area contributed by atoms with Crippen molar-refractivity contribution in [1.82, 2.24) is 5.32 Å². The number of hydrogen-bond acceptors (Lipinski definition) is 1. The Morgan fingerprint density at radius 3 is 2.25 bits per heavy atom. The minimum absolute atomic E-state index is 0.928. The first-order chi connectivity index (χ1) is 5.93. The van der Waals surface area contributed by atoms with E-state index in [0.29, 0.717) is 0 Å². The third-order valence-corrected chi connectivity index (χ3v) is 4.33. The summed E-state index contributed by atoms with van der Waals surface area (Å²) in [6, 6.07) is 0.928. The minimum atomic E-state index is 0.928. The van der Waals surface area contributed by atoms with Gasteiger partial charge in [-0.1, -0.05) is 12.8 Å². The molecule has 2 saturated heterocycles. The molecule has 2 aliphatic carbocycles. The lowest BCUT2D eigenvalue weighted by Gasteiger charge is -2.49. The van der Waals surface area contributed by atoms with Crippen LogP contribution in [0.25, 0.3) is 0 Å². The molecule has 0 aromatic rings. The second kappa shape index (κ2) is 2.73. The summed E-state index contributed by atoms with van der Waals surface area (Å²) >= 11 is 0. The Hall–Kier alpha value is -0.0400. The van der Waals surface area contributed by atoms with Crippen LogP contribution >= 0.6 is 0 Å². The van der Waals surface area contributed by atoms with E-state index in [1.165, 1.54) is 32.2 Å². The van der Waals surface area contributed by atoms with Crippen molar-refractivity contribution >= 4 is 0 Å². The summed E-state index contributed by atoms with van der Waals surface area (Å²) < 4.78 is 0. The summed E-state index contributed by atoms with van der Waals surface area (Å²) in [5.74, 6) is 3.19. The average molecular weight is 165 g/mol. The van der Waals surface area contributed by atoms with Crippen molar-refractivity contribution in [2.75, 3.05) is 6.54 Å². The maximum Gasteiger partial charge on any atom is 0.0124 e. The Morgan fingerprint density at radius 2 is 1.67 bits per heavy atom. The van der Waals surface area contributed by atoms with E-state index in [4.69, 9.17) is 0 Å². The number of piperidine rings is 2. The van der Waals surface area contributed by atoms with Gasteiger partial charge in [0, 0.05) is 6.04 Å². The predicted molar refractivity (Wildman–Crippen MR) is 50.0 cm³/mol. The van der Waals surface area contributed by atoms with Crippen molar-refractivity contribution in [3.8, 4) is 0 Å². The summed E-state index contributed by atoms with van der Waals surface area (Å²) in [4.78, 5) is 0. The van der Waals surface area contributed by atoms with Crippen molar-refractivity contribution in [2.24, 2.45) is 17.8 Å². The summed E-state index contributed by atoms with van der Waals surface area (Å²) in [7, 11) is 0. The van der Waals surface area contributed by atoms with Gasteiger partial charge in [0.15, 0.2) is 0 Å². The van der Waals surface area contributed by atoms with Crippen LogP contribution < -0.4 is 5.32 Å². The van der Waals surface area contributed by atoms with Gasteiger partial charge in [-0.25, -0.2) is 0 Å². The Balaban J connectivity index is 1.66. The van der Waals surface area contributed by atoms with Gasteiger partial charge in [-0.2, -0.15) is 0 Å². The molecule has 2 bridgehead atoms. The van der Waals surface area contributed by atoms with Crippen molar-refractivity contribution in [3.05, 3.63) is 0 Å². The predicted octanol–water partition coefficient (Wildman–Crippen LogP) is 2.17. The lowest BCUT2D eigenvalue weighted by atomic mass is 9.64. The van der Waals surface area contributed by atoms with Gasteiger partial charge >= 0.3 is 0 Å². The number of hydrogen-bond donors (Lipinski definition) is 1. The smallest absolute Gasteiger partial charge is 0.0124 e. The molecule has 12 heavy (non-hydrogen) atoms. The molecule has 2 aliphatic heterocycles. The highest BCUT2D eigenvalue weighted by molar-refractivity contribution is 4.98. The Kier molecular flexibility index (Phi) is 1.68. The van der Waals surface area contributed by atoms with Gasteiger partial charge in [0.1, 0.15) is 0 Å². The van der Waals surface area contributed by atoms with Crippen LogP contribution in [0.2, 0.25) is 0 Å². The maximum atomic E-state index is 3.76. The van der Waals surface area contributed by atoms with E-state index in [1.54, 1.807) is 12.8 Å². The van der Waals surface area contributed by atoms with E-state index >= 15 is 0 Å². The number of fused-ring (bicyclic) bond motifs is 2. The number of nitrogens with one attached hydrogen (secondary N) is 1. The van der Waals surface area contributed by atoms with E-state index in [0.717, 1.165) is 23.8 Å². The third-order valence-electron chi connectivity index (χ3n) is 4.33. The standard InChI is InChI=1S/C11H19N/c1-2-4-9(3-1)11-10-5-8(6-10)7-12-11/h8-12H,1-7H2. The molecule has 1 heteroatoms. The van der Waals surface area contributed by atoms with Crippen molar-refractivity contribution in [3.63, 3.8) is 0 Å². The molecule has 2 heterocycles. The van der Waals surface area contributed by atoms with Crippen LogP contribution in [0.1, 0.15) is 38.5 Å². The largest absolute Gasteiger partial charge is 0.313 e. The normalized spacial score (nSPS) is 47.5. The van der Waals surface area contributed by atoms with E-state index in [-0.39, 0.29) is 0 Å². The zero-order valence-corrected chi connectivity index (χ0v) is 7.76. The molecule has 1 atom stereocenters. The molecule has 0 spiro atoms. The first-order valence-corrected chi connectivity index (χ1v) is 5.67. The highest BCUT2D eigenvalue weighted by atomic mass is 15.0. The lowest BCUT2D eigenvalue weighted by molar-refractivity contribution is 0.0541. The summed E-state index contributed by atoms with van der Waals surface area (Å²) in [6.07, 6.45) is 9.12. The molecule has 4 rings (SSSR count). The topological polar surface area (TPSA) is 12.0 Å². The number of rotatable bonds is 1. The van der Waals surface area contributed by atoms with Crippen molar-refractivity contribution < 1.29 is 0 Å². The molecule has 1 nitrogen and oxygen atoms in total. The molecule has 1 unspecified atom stereocenters. The van der Waals surface area contributed by atoms with E-state index < -0.39 is 0 Å². The maximum absolute atomic E-state index is 3.76. The van der Waals surface area contributed by atoms with Crippen LogP contribution in [0.4, 0.5) is 0 Å². The van der Waals surface area contributed by atoms with Crippen LogP contribution in [-0.2, 0) is 0 Å². The molecule has 0 aromatic carbocycles. The van der Waals surface area contributed by atoms with Gasteiger partial charge in [-0.05, 0) is 50.0 Å². The lowest BCUT2D eigenvalue weighted by Crippen LogP contribution is -2.55. The second-order valence-electron chi connectivity index (χ2n) is 5.08. The first-order valence-electron chi connectivity index (χ1n) is 5.67. The van der Waals surface area contributed by atoms with E-state index in [9.17, 15) is 0 Å². The zero-order valence-electron chi connectivity index (χ0n) is 7.76. The monoisotopic (exact) mass is 165 g/mol. The van der Waals surface area contributed by atoms with Crippen LogP contribution in [0, 0.1) is 17.8 Å². The molecule has 4 aliphatic rings. The molecular formula is C11H19N. The van der Waals surface area contributed by atoms with Crippen molar-refractivity contribution in [1.29, 1.82) is 0 Å². The van der Waals surface area contributed by atoms with E-state index in [2.05, 4.69) is 5.32 Å². The molecule has 4 fully saturated rings. The third kappa shape index (κ3) is 1.02. The fraction of sp³-hybridized carbons (Fsp3) is 1.00. The molecule has 1 N–H and O–H groups in total. The van der Waals surface area contributed by atoms with Gasteiger partial charge in [0.05, 0.1) is 0 Å². The van der Waals surface area contributed by atoms with Crippen molar-refractivity contribution in [2.45, 2.75) is 44.6 Å². The zero-order chi connectivity index (χ0) is 7.97. The molecular weight excluding hydrogens is 146 g/mol.